The minimum absolute atomic E-state index is 0.107. The zero-order valence-electron chi connectivity index (χ0n) is 16.4. The van der Waals surface area contributed by atoms with E-state index in [-0.39, 0.29) is 28.0 Å². The minimum Gasteiger partial charge on any atom is -0.446 e. The molecule has 1 atom stereocenters. The number of amides is 2. The molecule has 2 heterocycles. The number of hydrogen-bond donors (Lipinski definition) is 0. The maximum absolute atomic E-state index is 13.4. The second kappa shape index (κ2) is 7.80. The molecule has 0 saturated carbocycles. The lowest BCUT2D eigenvalue weighted by Gasteiger charge is -2.27. The number of halogens is 3. The minimum atomic E-state index is -0.949. The molecule has 2 amide bonds. The van der Waals surface area contributed by atoms with Crippen molar-refractivity contribution in [1.82, 2.24) is 4.98 Å². The lowest BCUT2D eigenvalue weighted by molar-refractivity contribution is -0.119. The number of hydrogen-bond acceptors (Lipinski definition) is 4. The van der Waals surface area contributed by atoms with E-state index in [1.807, 2.05) is 20.8 Å². The van der Waals surface area contributed by atoms with Crippen LogP contribution in [0.25, 0.3) is 0 Å². The summed E-state index contributed by atoms with van der Waals surface area (Å²) in [7, 11) is 1.51. The first-order valence-corrected chi connectivity index (χ1v) is 9.61. The molecule has 1 aromatic heterocycles. The largest absolute Gasteiger partial charge is 0.446 e. The molecular formula is C20H20Cl2FN3O3. The van der Waals surface area contributed by atoms with Gasteiger partial charge < -0.3 is 9.64 Å². The molecule has 0 aliphatic carbocycles. The van der Waals surface area contributed by atoms with Crippen LogP contribution in [0, 0.1) is 5.82 Å². The van der Waals surface area contributed by atoms with Crippen molar-refractivity contribution in [3.8, 4) is 0 Å². The Hall–Kier alpha value is -2.38. The van der Waals surface area contributed by atoms with E-state index in [2.05, 4.69) is 4.98 Å². The van der Waals surface area contributed by atoms with Gasteiger partial charge in [-0.2, -0.15) is 0 Å². The predicted molar refractivity (Wildman–Crippen MR) is 110 cm³/mol. The molecule has 0 unspecified atom stereocenters. The highest BCUT2D eigenvalue weighted by Crippen LogP contribution is 2.31. The first-order valence-electron chi connectivity index (χ1n) is 8.85. The number of aromatic nitrogens is 1. The van der Waals surface area contributed by atoms with E-state index in [0.29, 0.717) is 5.69 Å². The van der Waals surface area contributed by atoms with Crippen molar-refractivity contribution in [2.75, 3.05) is 23.5 Å². The number of likely N-dealkylation sites (N-methyl/N-ethyl adjacent to an activating group) is 1. The van der Waals surface area contributed by atoms with Crippen molar-refractivity contribution in [2.45, 2.75) is 32.2 Å². The highest BCUT2D eigenvalue weighted by molar-refractivity contribution is 6.31. The number of anilines is 2. The number of carbonyl (C=O) groups excluding carboxylic acids is 2. The average Bonchev–Trinajstić information content (AvgIpc) is 3.03. The van der Waals surface area contributed by atoms with Crippen molar-refractivity contribution >= 4 is 46.7 Å². The van der Waals surface area contributed by atoms with Crippen LogP contribution in [0.1, 0.15) is 26.3 Å². The van der Waals surface area contributed by atoms with Crippen LogP contribution in [-0.2, 0) is 14.9 Å². The quantitative estimate of drug-likeness (QED) is 0.643. The molecule has 9 heteroatoms. The van der Waals surface area contributed by atoms with Crippen molar-refractivity contribution in [1.29, 1.82) is 0 Å². The first-order chi connectivity index (χ1) is 13.5. The van der Waals surface area contributed by atoms with E-state index in [0.717, 1.165) is 5.56 Å². The third-order valence-electron chi connectivity index (χ3n) is 4.67. The lowest BCUT2D eigenvalue weighted by atomic mass is 9.87. The Labute approximate surface area is 178 Å². The Morgan fingerprint density at radius 1 is 1.28 bits per heavy atom. The average molecular weight is 440 g/mol. The summed E-state index contributed by atoms with van der Waals surface area (Å²) in [5, 5.41) is 0.0982. The monoisotopic (exact) mass is 439 g/mol. The fourth-order valence-electron chi connectivity index (χ4n) is 2.94. The van der Waals surface area contributed by atoms with Crippen LogP contribution in [0.2, 0.25) is 10.2 Å². The molecule has 1 aromatic carbocycles. The fraction of sp³-hybridized carbons (Fsp3) is 0.350. The summed E-state index contributed by atoms with van der Waals surface area (Å²) >= 11 is 12.0. The Morgan fingerprint density at radius 2 is 1.97 bits per heavy atom. The molecule has 3 rings (SSSR count). The number of rotatable bonds is 3. The van der Waals surface area contributed by atoms with Gasteiger partial charge in [0.1, 0.15) is 23.4 Å². The molecule has 29 heavy (non-hydrogen) atoms. The molecule has 0 spiro atoms. The summed E-state index contributed by atoms with van der Waals surface area (Å²) < 4.78 is 18.6. The van der Waals surface area contributed by atoms with Gasteiger partial charge in [-0.3, -0.25) is 4.79 Å². The summed E-state index contributed by atoms with van der Waals surface area (Å²) in [5.74, 6) is -0.790. The maximum atomic E-state index is 13.4. The smallest absolute Gasteiger partial charge is 0.416 e. The Balaban J connectivity index is 1.95. The highest BCUT2D eigenvalue weighted by Gasteiger charge is 2.42. The summed E-state index contributed by atoms with van der Waals surface area (Å²) in [5.41, 5.74) is 0.999. The molecule has 1 aliphatic heterocycles. The number of cyclic esters (lactones) is 1. The van der Waals surface area contributed by atoms with E-state index in [4.69, 9.17) is 27.9 Å². The fourth-order valence-corrected chi connectivity index (χ4v) is 3.32. The zero-order chi connectivity index (χ0) is 21.5. The van der Waals surface area contributed by atoms with Crippen LogP contribution in [0.4, 0.5) is 20.7 Å². The van der Waals surface area contributed by atoms with Gasteiger partial charge in [-0.05, 0) is 41.3 Å². The predicted octanol–water partition coefficient (Wildman–Crippen LogP) is 4.81. The topological polar surface area (TPSA) is 62.7 Å². The third kappa shape index (κ3) is 4.31. The molecule has 0 bridgehead atoms. The number of benzene rings is 1. The van der Waals surface area contributed by atoms with Crippen LogP contribution >= 0.6 is 23.2 Å². The van der Waals surface area contributed by atoms with Crippen LogP contribution in [0.15, 0.2) is 30.3 Å². The van der Waals surface area contributed by atoms with Gasteiger partial charge in [0.15, 0.2) is 6.04 Å². The van der Waals surface area contributed by atoms with Crippen LogP contribution < -0.4 is 9.80 Å². The van der Waals surface area contributed by atoms with Crippen molar-refractivity contribution in [3.63, 3.8) is 0 Å². The summed E-state index contributed by atoms with van der Waals surface area (Å²) in [6, 6.07) is 6.42. The molecule has 2 aromatic rings. The summed E-state index contributed by atoms with van der Waals surface area (Å²) in [6.45, 7) is 5.86. The van der Waals surface area contributed by atoms with Crippen LogP contribution in [0.3, 0.4) is 0 Å². The second-order valence-electron chi connectivity index (χ2n) is 7.75. The van der Waals surface area contributed by atoms with Gasteiger partial charge in [0, 0.05) is 12.7 Å². The van der Waals surface area contributed by atoms with E-state index in [1.165, 1.54) is 35.0 Å². The van der Waals surface area contributed by atoms with Gasteiger partial charge in [-0.25, -0.2) is 19.1 Å². The van der Waals surface area contributed by atoms with E-state index >= 15 is 0 Å². The van der Waals surface area contributed by atoms with E-state index < -0.39 is 23.9 Å². The normalized spacial score (nSPS) is 16.7. The van der Waals surface area contributed by atoms with Gasteiger partial charge in [0.05, 0.1) is 5.02 Å². The zero-order valence-corrected chi connectivity index (χ0v) is 17.9. The van der Waals surface area contributed by atoms with Crippen molar-refractivity contribution in [2.24, 2.45) is 0 Å². The van der Waals surface area contributed by atoms with Crippen molar-refractivity contribution < 1.29 is 18.7 Å². The first kappa shape index (κ1) is 21.3. The Morgan fingerprint density at radius 3 is 2.59 bits per heavy atom. The maximum Gasteiger partial charge on any atom is 0.416 e. The van der Waals surface area contributed by atoms with Crippen molar-refractivity contribution in [3.05, 3.63) is 51.9 Å². The van der Waals surface area contributed by atoms with Crippen LogP contribution in [-0.4, -0.2) is 36.7 Å². The number of ether oxygens (including phenoxy) is 1. The third-order valence-corrected chi connectivity index (χ3v) is 5.16. The second-order valence-corrected chi connectivity index (χ2v) is 8.54. The molecule has 154 valence electrons. The molecular weight excluding hydrogens is 420 g/mol. The standard InChI is InChI=1S/C20H20Cl2FN3O3/c1-20(2,3)11-7-16(22)24-17(8-11)26-15(10-29-19(26)28)18(27)25(4)12-5-6-14(23)13(21)9-12/h5-9,15H,10H2,1-4H3/t15-/m0/s1. The summed E-state index contributed by atoms with van der Waals surface area (Å²) in [4.78, 5) is 32.2. The van der Waals surface area contributed by atoms with Gasteiger partial charge in [0.2, 0.25) is 0 Å². The van der Waals surface area contributed by atoms with Gasteiger partial charge in [-0.1, -0.05) is 44.0 Å². The van der Waals surface area contributed by atoms with Gasteiger partial charge in [-0.15, -0.1) is 0 Å². The lowest BCUT2D eigenvalue weighted by Crippen LogP contribution is -2.47. The summed E-state index contributed by atoms with van der Waals surface area (Å²) in [6.07, 6.45) is -0.691. The molecule has 0 radical (unpaired) electrons. The highest BCUT2D eigenvalue weighted by atomic mass is 35.5. The van der Waals surface area contributed by atoms with Crippen LogP contribution in [0.5, 0.6) is 0 Å². The molecule has 0 N–H and O–H groups in total. The molecule has 6 nitrogen and oxygen atoms in total. The molecule has 1 fully saturated rings. The molecule has 1 aliphatic rings. The molecule has 1 saturated heterocycles. The van der Waals surface area contributed by atoms with Gasteiger partial charge >= 0.3 is 6.09 Å². The SMILES string of the molecule is CN(C(=O)[C@@H]1COC(=O)N1c1cc(C(C)(C)C)cc(Cl)n1)c1ccc(F)c(Cl)c1. The van der Waals surface area contributed by atoms with E-state index in [9.17, 15) is 14.0 Å². The Bertz CT molecular complexity index is 978. The van der Waals surface area contributed by atoms with E-state index in [1.54, 1.807) is 12.1 Å². The number of pyridine rings is 1. The number of nitrogens with zero attached hydrogens (tertiary/aromatic N) is 3. The Kier molecular flexibility index (Phi) is 5.74. The van der Waals surface area contributed by atoms with Gasteiger partial charge in [0.25, 0.3) is 5.91 Å². The number of carbonyl (C=O) groups is 2.